The molecule has 5 fully saturated rings. The van der Waals surface area contributed by atoms with Crippen molar-refractivity contribution in [3.05, 3.63) is 0 Å². The molecule has 0 aromatic rings. The maximum Gasteiger partial charge on any atom is 0.246 e. The molecule has 156 valence electrons. The first-order chi connectivity index (χ1) is 13.5. The number of hydrazone groups is 1. The van der Waals surface area contributed by atoms with Gasteiger partial charge in [0.15, 0.2) is 0 Å². The van der Waals surface area contributed by atoms with E-state index in [2.05, 4.69) is 15.8 Å². The van der Waals surface area contributed by atoms with Crippen LogP contribution in [0.25, 0.3) is 0 Å². The Morgan fingerprint density at radius 3 is 2.29 bits per heavy atom. The highest BCUT2D eigenvalue weighted by atomic mass is 16.5. The molecular formula is C21H35N4O3+. The molecule has 4 aliphatic carbocycles. The van der Waals surface area contributed by atoms with Gasteiger partial charge in [-0.3, -0.25) is 9.59 Å². The molecule has 1 aliphatic heterocycles. The van der Waals surface area contributed by atoms with Gasteiger partial charge in [-0.2, -0.15) is 5.10 Å². The van der Waals surface area contributed by atoms with Gasteiger partial charge in [-0.25, -0.2) is 5.43 Å². The van der Waals surface area contributed by atoms with E-state index in [-0.39, 0.29) is 23.7 Å². The Morgan fingerprint density at radius 2 is 1.68 bits per heavy atom. The number of nitrogens with zero attached hydrogens (tertiary/aromatic N) is 1. The first kappa shape index (κ1) is 19.8. The molecule has 28 heavy (non-hydrogen) atoms. The molecule has 0 unspecified atom stereocenters. The maximum atomic E-state index is 12.9. The highest BCUT2D eigenvalue weighted by Crippen LogP contribution is 2.60. The second kappa shape index (κ2) is 8.49. The van der Waals surface area contributed by atoms with Crippen LogP contribution in [0.1, 0.15) is 51.9 Å². The molecule has 3 N–H and O–H groups in total. The average Bonchev–Trinajstić information content (AvgIpc) is 2.66. The second-order valence-electron chi connectivity index (χ2n) is 9.62. The molecule has 0 atom stereocenters. The number of ether oxygens (including phenoxy) is 1. The third-order valence-corrected chi connectivity index (χ3v) is 7.29. The van der Waals surface area contributed by atoms with Crippen molar-refractivity contribution in [1.82, 2.24) is 10.7 Å². The predicted octanol–water partition coefficient (Wildman–Crippen LogP) is 0.116. The van der Waals surface area contributed by atoms with Gasteiger partial charge in [-0.15, -0.1) is 0 Å². The van der Waals surface area contributed by atoms with Gasteiger partial charge in [0.05, 0.1) is 38.1 Å². The number of quaternary nitrogens is 1. The van der Waals surface area contributed by atoms with Crippen LogP contribution < -0.4 is 15.6 Å². The van der Waals surface area contributed by atoms with Crippen LogP contribution in [0.2, 0.25) is 0 Å². The van der Waals surface area contributed by atoms with E-state index >= 15 is 0 Å². The summed E-state index contributed by atoms with van der Waals surface area (Å²) in [6, 6.07) is 0. The highest BCUT2D eigenvalue weighted by molar-refractivity contribution is 6.00. The smallest absolute Gasteiger partial charge is 0.246 e. The number of hydrogen-bond acceptors (Lipinski definition) is 4. The molecule has 0 aromatic heterocycles. The van der Waals surface area contributed by atoms with Crippen LogP contribution in [0.3, 0.4) is 0 Å². The van der Waals surface area contributed by atoms with Gasteiger partial charge in [-0.05, 0) is 63.2 Å². The number of rotatable bonds is 7. The summed E-state index contributed by atoms with van der Waals surface area (Å²) in [4.78, 5) is 26.5. The van der Waals surface area contributed by atoms with E-state index in [9.17, 15) is 9.59 Å². The van der Waals surface area contributed by atoms with Gasteiger partial charge in [0, 0.05) is 5.71 Å². The fraction of sp³-hybridized carbons (Fsp3) is 0.857. The van der Waals surface area contributed by atoms with Crippen molar-refractivity contribution < 1.29 is 19.2 Å². The maximum absolute atomic E-state index is 12.9. The van der Waals surface area contributed by atoms with Crippen LogP contribution in [0.5, 0.6) is 0 Å². The molecule has 5 aliphatic rings. The van der Waals surface area contributed by atoms with Crippen LogP contribution in [0.4, 0.5) is 0 Å². The number of hydrogen-bond donors (Lipinski definition) is 3. The van der Waals surface area contributed by atoms with E-state index in [1.807, 2.05) is 6.92 Å². The highest BCUT2D eigenvalue weighted by Gasteiger charge is 2.54. The fourth-order valence-corrected chi connectivity index (χ4v) is 6.28. The SMILES string of the molecule is C/C(CC(=O)NCC[NH+]1CCOCC1)=N/NC(=O)C12CC3CC(CC(C3)C1)C2. The Labute approximate surface area is 167 Å². The van der Waals surface area contributed by atoms with Gasteiger partial charge < -0.3 is 15.0 Å². The number of carbonyl (C=O) groups is 2. The summed E-state index contributed by atoms with van der Waals surface area (Å²) < 4.78 is 5.34. The largest absolute Gasteiger partial charge is 0.370 e. The Hall–Kier alpha value is -1.47. The summed E-state index contributed by atoms with van der Waals surface area (Å²) in [6.45, 7) is 7.03. The predicted molar refractivity (Wildman–Crippen MR) is 106 cm³/mol. The van der Waals surface area contributed by atoms with E-state index in [1.165, 1.54) is 24.2 Å². The molecular weight excluding hydrogens is 356 g/mol. The average molecular weight is 392 g/mol. The molecule has 4 bridgehead atoms. The van der Waals surface area contributed by atoms with Gasteiger partial charge in [0.25, 0.3) is 0 Å². The van der Waals surface area contributed by atoms with E-state index in [0.717, 1.165) is 69.9 Å². The number of amides is 2. The normalized spacial score (nSPS) is 35.0. The van der Waals surface area contributed by atoms with Gasteiger partial charge in [0.2, 0.25) is 11.8 Å². The summed E-state index contributed by atoms with van der Waals surface area (Å²) in [5, 5.41) is 7.22. The topological polar surface area (TPSA) is 84.2 Å². The van der Waals surface area contributed by atoms with Crippen molar-refractivity contribution >= 4 is 17.5 Å². The lowest BCUT2D eigenvalue weighted by molar-refractivity contribution is -0.906. The minimum Gasteiger partial charge on any atom is -0.370 e. The summed E-state index contributed by atoms with van der Waals surface area (Å²) in [5.74, 6) is 2.27. The lowest BCUT2D eigenvalue weighted by Gasteiger charge is -2.55. The zero-order chi connectivity index (χ0) is 19.6. The third kappa shape index (κ3) is 4.57. The molecule has 1 heterocycles. The monoisotopic (exact) mass is 391 g/mol. The molecule has 7 nitrogen and oxygen atoms in total. The first-order valence-corrected chi connectivity index (χ1v) is 11.0. The van der Waals surface area contributed by atoms with Crippen LogP contribution in [-0.4, -0.2) is 56.9 Å². The van der Waals surface area contributed by atoms with Gasteiger partial charge in [-0.1, -0.05) is 0 Å². The molecule has 5 rings (SSSR count). The second-order valence-corrected chi connectivity index (χ2v) is 9.62. The molecule has 0 aromatic carbocycles. The van der Waals surface area contributed by atoms with E-state index in [4.69, 9.17) is 4.74 Å². The van der Waals surface area contributed by atoms with Crippen molar-refractivity contribution in [2.24, 2.45) is 28.3 Å². The standard InChI is InChI=1S/C21H34N4O3/c1-15(8-19(26)22-2-3-25-4-6-28-7-5-25)23-24-20(27)21-12-16-9-17(13-21)11-18(10-16)14-21/h16-18H,2-14H2,1H3,(H,22,26)(H,24,27)/p+1/b23-15-. The number of morpholine rings is 1. The fourth-order valence-electron chi connectivity index (χ4n) is 6.28. The van der Waals surface area contributed by atoms with Crippen LogP contribution in [0.15, 0.2) is 5.10 Å². The Kier molecular flexibility index (Phi) is 6.01. The van der Waals surface area contributed by atoms with E-state index in [1.54, 1.807) is 0 Å². The molecule has 2 amide bonds. The van der Waals surface area contributed by atoms with Crippen molar-refractivity contribution in [1.29, 1.82) is 0 Å². The minimum atomic E-state index is -0.193. The van der Waals surface area contributed by atoms with Crippen LogP contribution in [-0.2, 0) is 14.3 Å². The summed E-state index contributed by atoms with van der Waals surface area (Å²) in [7, 11) is 0. The summed E-state index contributed by atoms with van der Waals surface area (Å²) in [6.07, 6.45) is 7.29. The van der Waals surface area contributed by atoms with E-state index in [0.29, 0.717) is 12.3 Å². The Bertz CT molecular complexity index is 592. The zero-order valence-electron chi connectivity index (χ0n) is 17.1. The molecule has 0 spiro atoms. The first-order valence-electron chi connectivity index (χ1n) is 11.0. The summed E-state index contributed by atoms with van der Waals surface area (Å²) >= 11 is 0. The Morgan fingerprint density at radius 1 is 1.07 bits per heavy atom. The molecule has 0 radical (unpaired) electrons. The van der Waals surface area contributed by atoms with Gasteiger partial charge >= 0.3 is 0 Å². The van der Waals surface area contributed by atoms with Crippen molar-refractivity contribution in [2.45, 2.75) is 51.9 Å². The lowest BCUT2D eigenvalue weighted by atomic mass is 9.49. The van der Waals surface area contributed by atoms with Crippen molar-refractivity contribution in [3.8, 4) is 0 Å². The Balaban J connectivity index is 1.20. The zero-order valence-corrected chi connectivity index (χ0v) is 17.1. The molecule has 4 saturated carbocycles. The van der Waals surface area contributed by atoms with Crippen molar-refractivity contribution in [3.63, 3.8) is 0 Å². The van der Waals surface area contributed by atoms with Crippen LogP contribution in [0, 0.1) is 23.2 Å². The van der Waals surface area contributed by atoms with Crippen LogP contribution >= 0.6 is 0 Å². The lowest BCUT2D eigenvalue weighted by Crippen LogP contribution is -3.14. The number of nitrogens with one attached hydrogen (secondary N) is 3. The minimum absolute atomic E-state index is 0.0297. The van der Waals surface area contributed by atoms with Gasteiger partial charge in [0.1, 0.15) is 13.1 Å². The van der Waals surface area contributed by atoms with E-state index < -0.39 is 0 Å². The van der Waals surface area contributed by atoms with Crippen molar-refractivity contribution in [2.75, 3.05) is 39.4 Å². The molecule has 7 heteroatoms. The molecule has 1 saturated heterocycles. The quantitative estimate of drug-likeness (QED) is 0.426. The number of carbonyl (C=O) groups excluding carboxylic acids is 2. The third-order valence-electron chi connectivity index (χ3n) is 7.29. The summed E-state index contributed by atoms with van der Waals surface area (Å²) in [5.41, 5.74) is 3.27.